The van der Waals surface area contributed by atoms with E-state index in [4.69, 9.17) is 0 Å². The maximum absolute atomic E-state index is 3.65. The topological polar surface area (TPSA) is 0 Å². The Labute approximate surface area is 171 Å². The molecule has 2 heteroatoms. The molecule has 0 aliphatic heterocycles. The molecule has 3 aromatic rings. The number of benzene rings is 3. The van der Waals surface area contributed by atoms with Crippen LogP contribution >= 0.6 is 31.9 Å². The number of alkyl halides is 2. The smallest absolute Gasteiger partial charge is 0.0286 e. The highest BCUT2D eigenvalue weighted by Crippen LogP contribution is 2.35. The first-order valence-electron chi connectivity index (χ1n) is 9.21. The van der Waals surface area contributed by atoms with Gasteiger partial charge in [-0.1, -0.05) is 80.4 Å². The van der Waals surface area contributed by atoms with Gasteiger partial charge < -0.3 is 0 Å². The van der Waals surface area contributed by atoms with Crippen LogP contribution in [0.25, 0.3) is 0 Å². The summed E-state index contributed by atoms with van der Waals surface area (Å²) < 4.78 is 0. The van der Waals surface area contributed by atoms with E-state index in [9.17, 15) is 0 Å². The first-order valence-corrected chi connectivity index (χ1v) is 11.4. The van der Waals surface area contributed by atoms with Crippen LogP contribution in [0.3, 0.4) is 0 Å². The summed E-state index contributed by atoms with van der Waals surface area (Å²) in [5.74, 6) is 0. The van der Waals surface area contributed by atoms with E-state index < -0.39 is 0 Å². The Morgan fingerprint density at radius 1 is 0.500 bits per heavy atom. The van der Waals surface area contributed by atoms with Crippen molar-refractivity contribution in [2.24, 2.45) is 0 Å². The van der Waals surface area contributed by atoms with Crippen molar-refractivity contribution in [3.05, 3.63) is 104 Å². The van der Waals surface area contributed by atoms with Crippen molar-refractivity contribution in [3.63, 3.8) is 0 Å². The largest absolute Gasteiger partial charge is 0.0876 e. The fourth-order valence-corrected chi connectivity index (χ4v) is 5.59. The lowest BCUT2D eigenvalue weighted by Crippen LogP contribution is -2.14. The molecule has 0 atom stereocenters. The van der Waals surface area contributed by atoms with Crippen LogP contribution in [0.15, 0.2) is 48.5 Å². The van der Waals surface area contributed by atoms with Gasteiger partial charge in [0.05, 0.1) is 0 Å². The molecule has 0 saturated carbocycles. The van der Waals surface area contributed by atoms with Crippen LogP contribution in [0.4, 0.5) is 0 Å². The van der Waals surface area contributed by atoms with Gasteiger partial charge >= 0.3 is 0 Å². The molecule has 2 aliphatic rings. The Hall–Kier alpha value is -1.38. The van der Waals surface area contributed by atoms with E-state index >= 15 is 0 Å². The van der Waals surface area contributed by atoms with Gasteiger partial charge in [-0.25, -0.2) is 0 Å². The van der Waals surface area contributed by atoms with Crippen LogP contribution in [0.5, 0.6) is 0 Å². The number of fused-ring (bicyclic) bond motifs is 4. The maximum atomic E-state index is 3.65. The van der Waals surface area contributed by atoms with E-state index in [0.29, 0.717) is 0 Å². The molecular formula is C24H20Br2. The molecule has 26 heavy (non-hydrogen) atoms. The molecule has 0 heterocycles. The van der Waals surface area contributed by atoms with Gasteiger partial charge in [0.2, 0.25) is 0 Å². The molecule has 2 aliphatic carbocycles. The van der Waals surface area contributed by atoms with Gasteiger partial charge in [-0.05, 0) is 81.3 Å². The van der Waals surface area contributed by atoms with E-state index in [0.717, 1.165) is 36.3 Å². The summed E-state index contributed by atoms with van der Waals surface area (Å²) in [4.78, 5) is 0. The van der Waals surface area contributed by atoms with Crippen molar-refractivity contribution in [1.82, 2.24) is 0 Å². The van der Waals surface area contributed by atoms with Crippen molar-refractivity contribution in [1.29, 1.82) is 0 Å². The normalized spacial score (nSPS) is 14.2. The fraction of sp³-hybridized carbons (Fsp3) is 0.250. The second kappa shape index (κ2) is 6.65. The lowest BCUT2D eigenvalue weighted by Gasteiger charge is -2.26. The predicted molar refractivity (Wildman–Crippen MR) is 116 cm³/mol. The van der Waals surface area contributed by atoms with Gasteiger partial charge in [0.25, 0.3) is 0 Å². The van der Waals surface area contributed by atoms with E-state index in [1.54, 1.807) is 0 Å². The Kier molecular flexibility index (Phi) is 4.29. The Morgan fingerprint density at radius 2 is 0.846 bits per heavy atom. The zero-order chi connectivity index (χ0) is 17.7. The molecule has 5 rings (SSSR count). The van der Waals surface area contributed by atoms with E-state index in [-0.39, 0.29) is 0 Å². The summed E-state index contributed by atoms with van der Waals surface area (Å²) in [6, 6.07) is 18.7. The second-order valence-electron chi connectivity index (χ2n) is 7.52. The van der Waals surface area contributed by atoms with Gasteiger partial charge in [-0.3, -0.25) is 0 Å². The van der Waals surface area contributed by atoms with Crippen molar-refractivity contribution in [2.45, 2.75) is 36.3 Å². The van der Waals surface area contributed by atoms with Gasteiger partial charge in [-0.2, -0.15) is 0 Å². The van der Waals surface area contributed by atoms with Gasteiger partial charge in [0.1, 0.15) is 0 Å². The van der Waals surface area contributed by atoms with Crippen LogP contribution in [0.1, 0.15) is 55.6 Å². The summed E-state index contributed by atoms with van der Waals surface area (Å²) in [6.07, 6.45) is 4.31. The molecule has 3 aromatic carbocycles. The zero-order valence-electron chi connectivity index (χ0n) is 14.6. The third-order valence-electron chi connectivity index (χ3n) is 5.97. The molecule has 0 amide bonds. The minimum absolute atomic E-state index is 0.926. The summed E-state index contributed by atoms with van der Waals surface area (Å²) >= 11 is 7.31. The molecule has 0 nitrogen and oxygen atoms in total. The Morgan fingerprint density at radius 3 is 1.23 bits per heavy atom. The number of halogens is 2. The Balaban J connectivity index is 1.55. The molecule has 0 fully saturated rings. The first-order chi connectivity index (χ1) is 12.7. The molecule has 0 aromatic heterocycles. The third kappa shape index (κ3) is 2.78. The fourth-order valence-electron chi connectivity index (χ4n) is 4.54. The minimum atomic E-state index is 0.926. The highest BCUT2D eigenvalue weighted by atomic mass is 79.9. The van der Waals surface area contributed by atoms with E-state index in [2.05, 4.69) is 80.4 Å². The van der Waals surface area contributed by atoms with Gasteiger partial charge in [0.15, 0.2) is 0 Å². The summed E-state index contributed by atoms with van der Waals surface area (Å²) in [5.41, 5.74) is 15.0. The molecule has 0 bridgehead atoms. The van der Waals surface area contributed by atoms with Crippen LogP contribution < -0.4 is 0 Å². The zero-order valence-corrected chi connectivity index (χ0v) is 17.8. The van der Waals surface area contributed by atoms with Crippen LogP contribution in [0, 0.1) is 0 Å². The van der Waals surface area contributed by atoms with E-state index in [1.807, 2.05) is 0 Å². The molecule has 0 saturated heterocycles. The minimum Gasteiger partial charge on any atom is -0.0876 e. The SMILES string of the molecule is BrCc1cc2c(cc1CBr)Cc1cc3c(cc1C2)Cc1ccccc1C3. The van der Waals surface area contributed by atoms with Crippen molar-refractivity contribution < 1.29 is 0 Å². The van der Waals surface area contributed by atoms with Crippen molar-refractivity contribution in [2.75, 3.05) is 0 Å². The lowest BCUT2D eigenvalue weighted by atomic mass is 9.78. The quantitative estimate of drug-likeness (QED) is 0.261. The molecular weight excluding hydrogens is 448 g/mol. The summed E-state index contributed by atoms with van der Waals surface area (Å²) in [7, 11) is 0. The van der Waals surface area contributed by atoms with Crippen LogP contribution in [0.2, 0.25) is 0 Å². The molecule has 0 unspecified atom stereocenters. The van der Waals surface area contributed by atoms with Gasteiger partial charge in [0, 0.05) is 10.7 Å². The van der Waals surface area contributed by atoms with E-state index in [1.165, 1.54) is 55.6 Å². The Bertz CT molecular complexity index is 936. The highest BCUT2D eigenvalue weighted by molar-refractivity contribution is 9.09. The van der Waals surface area contributed by atoms with Crippen molar-refractivity contribution in [3.8, 4) is 0 Å². The molecule has 0 spiro atoms. The first kappa shape index (κ1) is 16.8. The maximum Gasteiger partial charge on any atom is 0.0286 e. The number of hydrogen-bond donors (Lipinski definition) is 0. The average molecular weight is 468 g/mol. The molecule has 0 N–H and O–H groups in total. The number of rotatable bonds is 2. The average Bonchev–Trinajstić information content (AvgIpc) is 2.68. The number of hydrogen-bond acceptors (Lipinski definition) is 0. The molecule has 130 valence electrons. The highest BCUT2D eigenvalue weighted by Gasteiger charge is 2.22. The third-order valence-corrected chi connectivity index (χ3v) is 7.18. The van der Waals surface area contributed by atoms with Crippen LogP contribution in [-0.2, 0) is 36.3 Å². The van der Waals surface area contributed by atoms with Crippen molar-refractivity contribution >= 4 is 31.9 Å². The second-order valence-corrected chi connectivity index (χ2v) is 8.64. The van der Waals surface area contributed by atoms with Gasteiger partial charge in [-0.15, -0.1) is 0 Å². The van der Waals surface area contributed by atoms with Crippen LogP contribution in [-0.4, -0.2) is 0 Å². The predicted octanol–water partition coefficient (Wildman–Crippen LogP) is 6.47. The monoisotopic (exact) mass is 466 g/mol. The summed E-state index contributed by atoms with van der Waals surface area (Å²) in [5, 5.41) is 1.85. The standard InChI is InChI=1S/C24H20Br2/c25-13-23-11-21-9-19-7-17-5-15-3-1-2-4-16(15)6-18(17)8-20(19)10-22(21)12-24(23)14-26/h1-4,7-8,11-12H,5-6,9-10,13-14H2. The lowest BCUT2D eigenvalue weighted by molar-refractivity contribution is 0.941. The molecule has 0 radical (unpaired) electrons. The summed E-state index contributed by atoms with van der Waals surface area (Å²) in [6.45, 7) is 0.